The molecule has 0 aromatic carbocycles. The Morgan fingerprint density at radius 1 is 1.38 bits per heavy atom. The number of hydrogen-bond acceptors (Lipinski definition) is 3. The van der Waals surface area contributed by atoms with E-state index in [1.165, 1.54) is 0 Å². The summed E-state index contributed by atoms with van der Waals surface area (Å²) in [5, 5.41) is 0. The summed E-state index contributed by atoms with van der Waals surface area (Å²) in [4.78, 5) is 2.45. The Hall–Kier alpha value is -0.560. The first-order valence-corrected chi connectivity index (χ1v) is 6.25. The lowest BCUT2D eigenvalue weighted by molar-refractivity contribution is 0.0673. The molecule has 0 saturated carbocycles. The van der Waals surface area contributed by atoms with Gasteiger partial charge in [0.15, 0.2) is 0 Å². The third-order valence-electron chi connectivity index (χ3n) is 3.73. The van der Waals surface area contributed by atoms with E-state index in [1.54, 1.807) is 0 Å². The van der Waals surface area contributed by atoms with Crippen molar-refractivity contribution in [3.05, 3.63) is 0 Å². The molecule has 0 fully saturated rings. The quantitative estimate of drug-likeness (QED) is 0.376. The Kier molecular flexibility index (Phi) is 7.40. The summed E-state index contributed by atoms with van der Waals surface area (Å²) in [5.41, 5.74) is 3.02. The normalized spacial score (nSPS) is 16.8. The molecule has 0 aromatic rings. The molecule has 0 aliphatic heterocycles. The Labute approximate surface area is 101 Å². The molecule has 0 aliphatic carbocycles. The van der Waals surface area contributed by atoms with Gasteiger partial charge in [-0.3, -0.25) is 16.2 Å². The van der Waals surface area contributed by atoms with Crippen LogP contribution in [0.15, 0.2) is 0 Å². The Morgan fingerprint density at radius 3 is 2.25 bits per heavy atom. The maximum absolute atomic E-state index is 5.68. The summed E-state index contributed by atoms with van der Waals surface area (Å²) < 4.78 is 0. The molecule has 0 amide bonds. The van der Waals surface area contributed by atoms with Gasteiger partial charge >= 0.3 is 0 Å². The molecule has 0 saturated heterocycles. The summed E-state index contributed by atoms with van der Waals surface area (Å²) in [6.45, 7) is 10.9. The third-order valence-corrected chi connectivity index (χ3v) is 3.73. The molecule has 3 heteroatoms. The van der Waals surface area contributed by atoms with Crippen molar-refractivity contribution in [3.8, 4) is 12.3 Å². The van der Waals surface area contributed by atoms with Gasteiger partial charge < -0.3 is 0 Å². The van der Waals surface area contributed by atoms with Crippen molar-refractivity contribution in [2.24, 2.45) is 5.84 Å². The predicted molar refractivity (Wildman–Crippen MR) is 70.8 cm³/mol. The standard InChI is InChI=1S/C13H27N3/c1-6-10-11-12(15-14)13(5,7-2)16(8-3)9-4/h1,12,15H,7-11,14H2,2-5H3. The maximum Gasteiger partial charge on any atom is 0.0401 e. The van der Waals surface area contributed by atoms with Crippen LogP contribution in [-0.2, 0) is 0 Å². The molecule has 0 spiro atoms. The van der Waals surface area contributed by atoms with Crippen molar-refractivity contribution >= 4 is 0 Å². The molecule has 94 valence electrons. The SMILES string of the molecule is C#CCCC(NN)C(C)(CC)N(CC)CC. The number of hydrogen-bond donors (Lipinski definition) is 2. The molecular formula is C13H27N3. The Balaban J connectivity index is 4.80. The lowest BCUT2D eigenvalue weighted by atomic mass is 9.85. The largest absolute Gasteiger partial charge is 0.297 e. The fraction of sp³-hybridized carbons (Fsp3) is 0.846. The van der Waals surface area contributed by atoms with E-state index in [1.807, 2.05) is 0 Å². The van der Waals surface area contributed by atoms with E-state index in [0.717, 1.165) is 32.4 Å². The highest BCUT2D eigenvalue weighted by Gasteiger charge is 2.35. The van der Waals surface area contributed by atoms with E-state index in [4.69, 9.17) is 12.3 Å². The lowest BCUT2D eigenvalue weighted by Gasteiger charge is -2.45. The molecule has 2 atom stereocenters. The minimum Gasteiger partial charge on any atom is -0.297 e. The van der Waals surface area contributed by atoms with Crippen molar-refractivity contribution < 1.29 is 0 Å². The number of nitrogens with two attached hydrogens (primary N) is 1. The molecule has 0 bridgehead atoms. The van der Waals surface area contributed by atoms with Gasteiger partial charge in [-0.05, 0) is 32.9 Å². The van der Waals surface area contributed by atoms with E-state index in [0.29, 0.717) is 0 Å². The number of likely N-dealkylation sites (N-methyl/N-ethyl adjacent to an activating group) is 1. The number of nitrogens with one attached hydrogen (secondary N) is 1. The molecule has 0 radical (unpaired) electrons. The average molecular weight is 225 g/mol. The van der Waals surface area contributed by atoms with Crippen molar-refractivity contribution in [1.82, 2.24) is 10.3 Å². The summed E-state index contributed by atoms with van der Waals surface area (Å²) in [6.07, 6.45) is 8.08. The molecule has 16 heavy (non-hydrogen) atoms. The van der Waals surface area contributed by atoms with Crippen LogP contribution in [0.2, 0.25) is 0 Å². The minimum absolute atomic E-state index is 0.0785. The van der Waals surface area contributed by atoms with Crippen LogP contribution in [0.1, 0.15) is 47.0 Å². The molecule has 0 aliphatic rings. The predicted octanol–water partition coefficient (Wildman–Crippen LogP) is 1.74. The second-order valence-corrected chi connectivity index (χ2v) is 4.35. The zero-order valence-corrected chi connectivity index (χ0v) is 11.2. The lowest BCUT2D eigenvalue weighted by Crippen LogP contribution is -2.60. The van der Waals surface area contributed by atoms with Gasteiger partial charge in [-0.15, -0.1) is 12.3 Å². The topological polar surface area (TPSA) is 41.3 Å². The van der Waals surface area contributed by atoms with Crippen LogP contribution in [0.5, 0.6) is 0 Å². The zero-order valence-electron chi connectivity index (χ0n) is 11.2. The monoisotopic (exact) mass is 225 g/mol. The van der Waals surface area contributed by atoms with Crippen molar-refractivity contribution in [2.45, 2.75) is 58.5 Å². The smallest absolute Gasteiger partial charge is 0.0401 e. The minimum atomic E-state index is 0.0785. The average Bonchev–Trinajstić information content (AvgIpc) is 2.31. The highest BCUT2D eigenvalue weighted by Crippen LogP contribution is 2.25. The van der Waals surface area contributed by atoms with Crippen LogP contribution in [0.3, 0.4) is 0 Å². The molecule has 0 rings (SSSR count). The van der Waals surface area contributed by atoms with E-state index >= 15 is 0 Å². The van der Waals surface area contributed by atoms with Gasteiger partial charge in [-0.2, -0.15) is 0 Å². The van der Waals surface area contributed by atoms with Gasteiger partial charge in [0.1, 0.15) is 0 Å². The molecule has 3 nitrogen and oxygen atoms in total. The van der Waals surface area contributed by atoms with Crippen molar-refractivity contribution in [3.63, 3.8) is 0 Å². The van der Waals surface area contributed by atoms with E-state index in [-0.39, 0.29) is 11.6 Å². The van der Waals surface area contributed by atoms with Gasteiger partial charge in [0, 0.05) is 18.0 Å². The molecule has 0 heterocycles. The van der Waals surface area contributed by atoms with Gasteiger partial charge in [0.25, 0.3) is 0 Å². The second-order valence-electron chi connectivity index (χ2n) is 4.35. The zero-order chi connectivity index (χ0) is 12.6. The summed E-state index contributed by atoms with van der Waals surface area (Å²) in [6, 6.07) is 0.244. The van der Waals surface area contributed by atoms with Gasteiger partial charge in [-0.1, -0.05) is 20.8 Å². The molecule has 3 N–H and O–H groups in total. The summed E-state index contributed by atoms with van der Waals surface area (Å²) >= 11 is 0. The van der Waals surface area contributed by atoms with Crippen molar-refractivity contribution in [2.75, 3.05) is 13.1 Å². The van der Waals surface area contributed by atoms with Crippen LogP contribution in [0.25, 0.3) is 0 Å². The van der Waals surface area contributed by atoms with Crippen LogP contribution in [0, 0.1) is 12.3 Å². The summed E-state index contributed by atoms with van der Waals surface area (Å²) in [5.74, 6) is 8.37. The third kappa shape index (κ3) is 3.48. The number of nitrogens with zero attached hydrogens (tertiary/aromatic N) is 1. The van der Waals surface area contributed by atoms with Gasteiger partial charge in [-0.25, -0.2) is 0 Å². The van der Waals surface area contributed by atoms with E-state index < -0.39 is 0 Å². The first kappa shape index (κ1) is 15.4. The van der Waals surface area contributed by atoms with E-state index in [9.17, 15) is 0 Å². The maximum atomic E-state index is 5.68. The number of terminal acetylenes is 1. The van der Waals surface area contributed by atoms with Crippen LogP contribution < -0.4 is 11.3 Å². The van der Waals surface area contributed by atoms with Crippen LogP contribution >= 0.6 is 0 Å². The highest BCUT2D eigenvalue weighted by atomic mass is 15.3. The molecule has 2 unspecified atom stereocenters. The van der Waals surface area contributed by atoms with Gasteiger partial charge in [0.2, 0.25) is 0 Å². The fourth-order valence-electron chi connectivity index (χ4n) is 2.44. The highest BCUT2D eigenvalue weighted by molar-refractivity contribution is 4.97. The number of rotatable bonds is 8. The van der Waals surface area contributed by atoms with Crippen LogP contribution in [-0.4, -0.2) is 29.6 Å². The summed E-state index contributed by atoms with van der Waals surface area (Å²) in [7, 11) is 0. The van der Waals surface area contributed by atoms with Crippen LogP contribution in [0.4, 0.5) is 0 Å². The first-order chi connectivity index (χ1) is 7.60. The van der Waals surface area contributed by atoms with Crippen molar-refractivity contribution in [1.29, 1.82) is 0 Å². The molecular weight excluding hydrogens is 198 g/mol. The van der Waals surface area contributed by atoms with E-state index in [2.05, 4.69) is 43.9 Å². The first-order valence-electron chi connectivity index (χ1n) is 6.25. The number of hydrazine groups is 1. The molecule has 0 aromatic heterocycles. The second kappa shape index (κ2) is 7.67. The Morgan fingerprint density at radius 2 is 1.94 bits per heavy atom. The Bertz CT molecular complexity index is 218. The fourth-order valence-corrected chi connectivity index (χ4v) is 2.44. The van der Waals surface area contributed by atoms with Gasteiger partial charge in [0.05, 0.1) is 0 Å².